The molecule has 0 aromatic carbocycles. The number of carbonyl (C=O) groups is 1. The van der Waals surface area contributed by atoms with Crippen molar-refractivity contribution >= 4 is 5.91 Å². The SMILES string of the molecule is C[C@@H](NC(=O)CNC1CC1)C1CCCCC1. The predicted octanol–water partition coefficient (Wildman–Crippen LogP) is 1.82. The van der Waals surface area contributed by atoms with Crippen molar-refractivity contribution in [1.29, 1.82) is 0 Å². The van der Waals surface area contributed by atoms with Crippen LogP contribution >= 0.6 is 0 Å². The smallest absolute Gasteiger partial charge is 0.234 e. The monoisotopic (exact) mass is 224 g/mol. The predicted molar refractivity (Wildman–Crippen MR) is 65.2 cm³/mol. The Morgan fingerprint density at radius 1 is 1.19 bits per heavy atom. The van der Waals surface area contributed by atoms with Crippen LogP contribution < -0.4 is 10.6 Å². The molecule has 2 fully saturated rings. The number of amides is 1. The van der Waals surface area contributed by atoms with Gasteiger partial charge < -0.3 is 10.6 Å². The van der Waals surface area contributed by atoms with E-state index in [1.165, 1.54) is 44.9 Å². The molecule has 0 saturated heterocycles. The maximum atomic E-state index is 11.7. The number of carbonyl (C=O) groups excluding carboxylic acids is 1. The van der Waals surface area contributed by atoms with E-state index in [1.54, 1.807) is 0 Å². The second kappa shape index (κ2) is 5.67. The third-order valence-electron chi connectivity index (χ3n) is 3.87. The van der Waals surface area contributed by atoms with Crippen molar-refractivity contribution in [2.24, 2.45) is 5.92 Å². The fourth-order valence-corrected chi connectivity index (χ4v) is 2.58. The molecule has 2 N–H and O–H groups in total. The van der Waals surface area contributed by atoms with Crippen molar-refractivity contribution in [2.75, 3.05) is 6.54 Å². The van der Waals surface area contributed by atoms with Crippen molar-refractivity contribution in [2.45, 2.75) is 64.0 Å². The van der Waals surface area contributed by atoms with Gasteiger partial charge in [0.2, 0.25) is 5.91 Å². The van der Waals surface area contributed by atoms with E-state index in [-0.39, 0.29) is 5.91 Å². The van der Waals surface area contributed by atoms with Gasteiger partial charge in [0.25, 0.3) is 0 Å². The van der Waals surface area contributed by atoms with Crippen LogP contribution in [0.5, 0.6) is 0 Å². The van der Waals surface area contributed by atoms with Crippen LogP contribution in [0.2, 0.25) is 0 Å². The van der Waals surface area contributed by atoms with Crippen molar-refractivity contribution in [3.63, 3.8) is 0 Å². The maximum absolute atomic E-state index is 11.7. The Bertz CT molecular complexity index is 232. The average Bonchev–Trinajstić information content (AvgIpc) is 3.11. The van der Waals surface area contributed by atoms with Gasteiger partial charge in [-0.1, -0.05) is 19.3 Å². The zero-order chi connectivity index (χ0) is 11.4. The van der Waals surface area contributed by atoms with Crippen LogP contribution in [0.15, 0.2) is 0 Å². The highest BCUT2D eigenvalue weighted by atomic mass is 16.1. The van der Waals surface area contributed by atoms with Gasteiger partial charge in [-0.2, -0.15) is 0 Å². The van der Waals surface area contributed by atoms with E-state index in [4.69, 9.17) is 0 Å². The summed E-state index contributed by atoms with van der Waals surface area (Å²) in [5.74, 6) is 0.878. The molecule has 0 heterocycles. The molecule has 1 amide bonds. The minimum atomic E-state index is 0.171. The van der Waals surface area contributed by atoms with E-state index in [1.807, 2.05) is 0 Å². The summed E-state index contributed by atoms with van der Waals surface area (Å²) in [7, 11) is 0. The van der Waals surface area contributed by atoms with Gasteiger partial charge in [0.05, 0.1) is 6.54 Å². The second-order valence-electron chi connectivity index (χ2n) is 5.41. The molecule has 0 bridgehead atoms. The minimum absolute atomic E-state index is 0.171. The van der Waals surface area contributed by atoms with Gasteiger partial charge in [-0.15, -0.1) is 0 Å². The molecule has 0 radical (unpaired) electrons. The van der Waals surface area contributed by atoms with E-state index in [9.17, 15) is 4.79 Å². The van der Waals surface area contributed by atoms with Gasteiger partial charge in [-0.25, -0.2) is 0 Å². The van der Waals surface area contributed by atoms with Crippen molar-refractivity contribution in [3.05, 3.63) is 0 Å². The van der Waals surface area contributed by atoms with Crippen molar-refractivity contribution < 1.29 is 4.79 Å². The first-order valence-corrected chi connectivity index (χ1v) is 6.78. The first-order chi connectivity index (χ1) is 7.75. The lowest BCUT2D eigenvalue weighted by molar-refractivity contribution is -0.121. The van der Waals surface area contributed by atoms with Crippen molar-refractivity contribution in [1.82, 2.24) is 10.6 Å². The van der Waals surface area contributed by atoms with E-state index >= 15 is 0 Å². The summed E-state index contributed by atoms with van der Waals surface area (Å²) in [5.41, 5.74) is 0. The quantitative estimate of drug-likeness (QED) is 0.748. The molecule has 2 saturated carbocycles. The number of rotatable bonds is 5. The Balaban J connectivity index is 1.63. The highest BCUT2D eigenvalue weighted by Crippen LogP contribution is 2.26. The van der Waals surface area contributed by atoms with Crippen LogP contribution in [0, 0.1) is 5.92 Å². The maximum Gasteiger partial charge on any atom is 0.234 e. The summed E-state index contributed by atoms with van der Waals surface area (Å²) in [4.78, 5) is 11.7. The minimum Gasteiger partial charge on any atom is -0.352 e. The van der Waals surface area contributed by atoms with E-state index in [2.05, 4.69) is 17.6 Å². The van der Waals surface area contributed by atoms with Gasteiger partial charge in [0.15, 0.2) is 0 Å². The lowest BCUT2D eigenvalue weighted by Crippen LogP contribution is -2.43. The molecule has 0 aromatic rings. The van der Waals surface area contributed by atoms with E-state index in [0.29, 0.717) is 24.5 Å². The molecular weight excluding hydrogens is 200 g/mol. The molecule has 2 aliphatic carbocycles. The van der Waals surface area contributed by atoms with Crippen LogP contribution in [0.25, 0.3) is 0 Å². The highest BCUT2D eigenvalue weighted by molar-refractivity contribution is 5.78. The Morgan fingerprint density at radius 3 is 2.50 bits per heavy atom. The Morgan fingerprint density at radius 2 is 1.88 bits per heavy atom. The zero-order valence-electron chi connectivity index (χ0n) is 10.3. The van der Waals surface area contributed by atoms with Crippen molar-refractivity contribution in [3.8, 4) is 0 Å². The first-order valence-electron chi connectivity index (χ1n) is 6.78. The fourth-order valence-electron chi connectivity index (χ4n) is 2.58. The number of hydrogen-bond donors (Lipinski definition) is 2. The molecule has 3 heteroatoms. The topological polar surface area (TPSA) is 41.1 Å². The largest absolute Gasteiger partial charge is 0.352 e. The fraction of sp³-hybridized carbons (Fsp3) is 0.923. The molecule has 3 nitrogen and oxygen atoms in total. The normalized spacial score (nSPS) is 24.1. The molecule has 2 aliphatic rings. The van der Waals surface area contributed by atoms with Crippen LogP contribution in [0.3, 0.4) is 0 Å². The van der Waals surface area contributed by atoms with Crippen LogP contribution in [-0.2, 0) is 4.79 Å². The summed E-state index contributed by atoms with van der Waals surface area (Å²) in [6.45, 7) is 2.66. The molecule has 0 aliphatic heterocycles. The van der Waals surface area contributed by atoms with Gasteiger partial charge >= 0.3 is 0 Å². The highest BCUT2D eigenvalue weighted by Gasteiger charge is 2.23. The first kappa shape index (κ1) is 11.9. The van der Waals surface area contributed by atoms with Gasteiger partial charge in [0.1, 0.15) is 0 Å². The van der Waals surface area contributed by atoms with Crippen LogP contribution in [0.4, 0.5) is 0 Å². The van der Waals surface area contributed by atoms with Crippen LogP contribution in [-0.4, -0.2) is 24.5 Å². The van der Waals surface area contributed by atoms with Gasteiger partial charge in [-0.3, -0.25) is 4.79 Å². The average molecular weight is 224 g/mol. The molecular formula is C13H24N2O. The third kappa shape index (κ3) is 3.78. The standard InChI is InChI=1S/C13H24N2O/c1-10(11-5-3-2-4-6-11)15-13(16)9-14-12-7-8-12/h10-12,14H,2-9H2,1H3,(H,15,16)/t10-/m1/s1. The molecule has 16 heavy (non-hydrogen) atoms. The third-order valence-corrected chi connectivity index (χ3v) is 3.87. The Kier molecular flexibility index (Phi) is 4.22. The Labute approximate surface area is 98.4 Å². The van der Waals surface area contributed by atoms with E-state index < -0.39 is 0 Å². The summed E-state index contributed by atoms with van der Waals surface area (Å²) >= 11 is 0. The van der Waals surface area contributed by atoms with Crippen LogP contribution in [0.1, 0.15) is 51.9 Å². The zero-order valence-corrected chi connectivity index (χ0v) is 10.3. The summed E-state index contributed by atoms with van der Waals surface area (Å²) in [6, 6.07) is 0.976. The van der Waals surface area contributed by atoms with Gasteiger partial charge in [-0.05, 0) is 38.5 Å². The summed E-state index contributed by atoms with van der Waals surface area (Å²) in [5, 5.41) is 6.38. The molecule has 1 atom stereocenters. The molecule has 0 spiro atoms. The molecule has 92 valence electrons. The Hall–Kier alpha value is -0.570. The molecule has 0 aromatic heterocycles. The number of hydrogen-bond acceptors (Lipinski definition) is 2. The lowest BCUT2D eigenvalue weighted by atomic mass is 9.84. The van der Waals surface area contributed by atoms with E-state index in [0.717, 1.165) is 0 Å². The van der Waals surface area contributed by atoms with Gasteiger partial charge in [0, 0.05) is 12.1 Å². The molecule has 2 rings (SSSR count). The number of nitrogens with one attached hydrogen (secondary N) is 2. The molecule has 0 unspecified atom stereocenters. The lowest BCUT2D eigenvalue weighted by Gasteiger charge is -2.28. The summed E-state index contributed by atoms with van der Waals surface area (Å²) < 4.78 is 0. The second-order valence-corrected chi connectivity index (χ2v) is 5.41. The summed E-state index contributed by atoms with van der Waals surface area (Å²) in [6.07, 6.45) is 9.11.